The van der Waals surface area contributed by atoms with Crippen molar-refractivity contribution >= 4 is 11.9 Å². The van der Waals surface area contributed by atoms with Crippen LogP contribution >= 0.6 is 0 Å². The third kappa shape index (κ3) is 49.0. The molecule has 68 heavy (non-hydrogen) atoms. The molecule has 0 bridgehead atoms. The fourth-order valence-corrected chi connectivity index (χ4v) is 7.94. The van der Waals surface area contributed by atoms with Gasteiger partial charge in [-0.25, -0.2) is 0 Å². The summed E-state index contributed by atoms with van der Waals surface area (Å²) >= 11 is 0. The summed E-state index contributed by atoms with van der Waals surface area (Å²) in [6, 6.07) is -0.730. The average molecular weight is 945 g/mol. The summed E-state index contributed by atoms with van der Waals surface area (Å²) in [5.74, 6) is -0.556. The topological polar surface area (TPSA) is 95.9 Å². The first kappa shape index (κ1) is 64.5. The number of unbranched alkanes of at least 4 members (excludes halogenated alkanes) is 22. The first-order valence-corrected chi connectivity index (χ1v) is 28.2. The number of hydrogen-bond donors (Lipinski definition) is 3. The minimum atomic E-state index is -0.812. The van der Waals surface area contributed by atoms with Crippen LogP contribution in [0, 0.1) is 0 Å². The van der Waals surface area contributed by atoms with Gasteiger partial charge in [0.25, 0.3) is 0 Å². The minimum Gasteiger partial charge on any atom is -0.462 e. The van der Waals surface area contributed by atoms with Gasteiger partial charge in [-0.15, -0.1) is 0 Å². The highest BCUT2D eigenvalue weighted by molar-refractivity contribution is 5.77. The van der Waals surface area contributed by atoms with Gasteiger partial charge in [-0.1, -0.05) is 246 Å². The number of aliphatic hydroxyl groups excluding tert-OH is 2. The van der Waals surface area contributed by atoms with Gasteiger partial charge in [0.1, 0.15) is 6.10 Å². The third-order valence-electron chi connectivity index (χ3n) is 12.2. The zero-order chi connectivity index (χ0) is 49.5. The Labute approximate surface area is 419 Å². The molecule has 0 aliphatic rings. The van der Waals surface area contributed by atoms with E-state index < -0.39 is 18.2 Å². The number of aliphatic hydroxyl groups is 2. The first-order chi connectivity index (χ1) is 33.5. The van der Waals surface area contributed by atoms with Crippen molar-refractivity contribution in [3.63, 3.8) is 0 Å². The van der Waals surface area contributed by atoms with Gasteiger partial charge in [0.2, 0.25) is 5.91 Å². The van der Waals surface area contributed by atoms with Crippen molar-refractivity contribution in [2.24, 2.45) is 0 Å². The minimum absolute atomic E-state index is 0.0318. The van der Waals surface area contributed by atoms with E-state index in [9.17, 15) is 19.8 Å². The van der Waals surface area contributed by atoms with Crippen molar-refractivity contribution in [2.75, 3.05) is 6.61 Å². The number of carbonyl (C=O) groups is 2. The molecule has 0 aromatic rings. The Kier molecular flexibility index (Phi) is 51.7. The van der Waals surface area contributed by atoms with Gasteiger partial charge in [0, 0.05) is 6.42 Å². The number of hydrogen-bond acceptors (Lipinski definition) is 5. The van der Waals surface area contributed by atoms with Crippen LogP contribution in [0.1, 0.15) is 245 Å². The van der Waals surface area contributed by atoms with Crippen molar-refractivity contribution in [1.82, 2.24) is 5.32 Å². The van der Waals surface area contributed by atoms with E-state index in [1.54, 1.807) is 0 Å². The molecule has 3 atom stereocenters. The Hall–Kier alpha value is -3.48. The maximum atomic E-state index is 13.3. The van der Waals surface area contributed by atoms with Crippen molar-refractivity contribution in [1.29, 1.82) is 0 Å². The lowest BCUT2D eigenvalue weighted by Crippen LogP contribution is -2.46. The molecule has 0 radical (unpaired) electrons. The predicted octanol–water partition coefficient (Wildman–Crippen LogP) is 17.5. The fourth-order valence-electron chi connectivity index (χ4n) is 7.94. The maximum absolute atomic E-state index is 13.3. The summed E-state index contributed by atoms with van der Waals surface area (Å²) in [6.45, 7) is 6.32. The van der Waals surface area contributed by atoms with E-state index in [0.717, 1.165) is 109 Å². The van der Waals surface area contributed by atoms with E-state index in [0.29, 0.717) is 19.3 Å². The van der Waals surface area contributed by atoms with Crippen LogP contribution in [0.15, 0.2) is 109 Å². The number of ether oxygens (including phenoxy) is 1. The number of nitrogens with one attached hydrogen (secondary N) is 1. The Morgan fingerprint density at radius 1 is 0.456 bits per heavy atom. The number of allylic oxidation sites excluding steroid dienone is 18. The molecule has 0 spiro atoms. The molecule has 0 fully saturated rings. The van der Waals surface area contributed by atoms with Crippen LogP contribution in [0.25, 0.3) is 0 Å². The van der Waals surface area contributed by atoms with Crippen LogP contribution in [0.2, 0.25) is 0 Å². The molecule has 3 unspecified atom stereocenters. The molecule has 3 N–H and O–H groups in total. The van der Waals surface area contributed by atoms with E-state index >= 15 is 0 Å². The van der Waals surface area contributed by atoms with E-state index in [-0.39, 0.29) is 24.9 Å². The number of rotatable bonds is 49. The van der Waals surface area contributed by atoms with Crippen LogP contribution in [0.4, 0.5) is 0 Å². The highest BCUT2D eigenvalue weighted by Gasteiger charge is 2.24. The summed E-state index contributed by atoms with van der Waals surface area (Å²) in [4.78, 5) is 26.3. The van der Waals surface area contributed by atoms with Crippen LogP contribution in [-0.4, -0.2) is 46.9 Å². The third-order valence-corrected chi connectivity index (χ3v) is 12.2. The van der Waals surface area contributed by atoms with Gasteiger partial charge < -0.3 is 20.3 Å². The normalized spacial score (nSPS) is 14.0. The molecule has 0 aliphatic heterocycles. The van der Waals surface area contributed by atoms with Crippen molar-refractivity contribution in [2.45, 2.75) is 264 Å². The summed E-state index contributed by atoms with van der Waals surface area (Å²) < 4.78 is 5.92. The summed E-state index contributed by atoms with van der Waals surface area (Å²) in [5, 5.41) is 23.8. The van der Waals surface area contributed by atoms with E-state index in [4.69, 9.17) is 4.74 Å². The second-order valence-corrected chi connectivity index (χ2v) is 18.7. The Balaban J connectivity index is 4.73. The lowest BCUT2D eigenvalue weighted by molar-refractivity contribution is -0.151. The Morgan fingerprint density at radius 2 is 0.853 bits per heavy atom. The molecule has 6 nitrogen and oxygen atoms in total. The predicted molar refractivity (Wildman–Crippen MR) is 296 cm³/mol. The number of esters is 1. The second-order valence-electron chi connectivity index (χ2n) is 18.7. The lowest BCUT2D eigenvalue weighted by Gasteiger charge is -2.24. The van der Waals surface area contributed by atoms with Gasteiger partial charge in [0.15, 0.2) is 0 Å². The molecular weight excluding hydrogens is 839 g/mol. The summed E-state index contributed by atoms with van der Waals surface area (Å²) in [7, 11) is 0. The van der Waals surface area contributed by atoms with Gasteiger partial charge >= 0.3 is 5.97 Å². The van der Waals surface area contributed by atoms with Crippen molar-refractivity contribution < 1.29 is 24.5 Å². The van der Waals surface area contributed by atoms with Crippen LogP contribution in [0.5, 0.6) is 0 Å². The Bertz CT molecular complexity index is 1380. The average Bonchev–Trinajstić information content (AvgIpc) is 3.33. The maximum Gasteiger partial charge on any atom is 0.306 e. The fraction of sp³-hybridized carbons (Fsp3) is 0.677. The van der Waals surface area contributed by atoms with Crippen LogP contribution < -0.4 is 5.32 Å². The summed E-state index contributed by atoms with van der Waals surface area (Å²) in [6.07, 6.45) is 74.3. The molecule has 0 rings (SSSR count). The molecule has 1 amide bonds. The molecular formula is C62H105NO5. The zero-order valence-corrected chi connectivity index (χ0v) is 44.2. The van der Waals surface area contributed by atoms with E-state index in [2.05, 4.69) is 129 Å². The standard InChI is InChI=1S/C62H105NO5/c1-4-7-10-13-16-19-22-25-28-30-31-32-34-37-40-43-46-49-52-55-62(67)68-58(53-50-47-44-41-38-35-33-29-26-23-20-17-14-11-8-5-2)56-61(66)63-59(57-64)60(65)54-51-48-45-42-39-36-27-24-21-18-15-12-9-6-3/h7,10,16-17,19-20,23,25-26,28-29,31-33,35,37-38,40,58-60,64-65H,4-6,8-9,11-15,18,21-22,24,27,30,34,36,39,41-57H2,1-3H3,(H,63,66)/b10-7-,19-16-,20-17+,26-23+,28-25-,32-31-,33-29+,38-35+,40-37-. The van der Waals surface area contributed by atoms with Gasteiger partial charge in [0.05, 0.1) is 25.2 Å². The second kappa shape index (κ2) is 54.5. The first-order valence-electron chi connectivity index (χ1n) is 28.2. The zero-order valence-electron chi connectivity index (χ0n) is 44.2. The lowest BCUT2D eigenvalue weighted by atomic mass is 10.0. The molecule has 6 heteroatoms. The highest BCUT2D eigenvalue weighted by Crippen LogP contribution is 2.17. The van der Waals surface area contributed by atoms with Crippen molar-refractivity contribution in [3.05, 3.63) is 109 Å². The van der Waals surface area contributed by atoms with Crippen LogP contribution in [-0.2, 0) is 14.3 Å². The molecule has 0 saturated heterocycles. The number of amides is 1. The van der Waals surface area contributed by atoms with Gasteiger partial charge in [-0.2, -0.15) is 0 Å². The molecule has 0 aliphatic carbocycles. The molecule has 0 aromatic heterocycles. The van der Waals surface area contributed by atoms with Gasteiger partial charge in [-0.05, 0) is 96.3 Å². The largest absolute Gasteiger partial charge is 0.462 e. The molecule has 388 valence electrons. The monoisotopic (exact) mass is 944 g/mol. The number of carbonyl (C=O) groups excluding carboxylic acids is 2. The Morgan fingerprint density at radius 3 is 1.37 bits per heavy atom. The smallest absolute Gasteiger partial charge is 0.306 e. The van der Waals surface area contributed by atoms with Gasteiger partial charge in [-0.3, -0.25) is 9.59 Å². The molecule has 0 heterocycles. The van der Waals surface area contributed by atoms with Crippen molar-refractivity contribution in [3.8, 4) is 0 Å². The van der Waals surface area contributed by atoms with Crippen LogP contribution in [0.3, 0.4) is 0 Å². The quantitative estimate of drug-likeness (QED) is 0.0244. The molecule has 0 aromatic carbocycles. The SMILES string of the molecule is CC/C=C\C/C=C\C/C=C\C/C=C\C/C=C\CCCCCC(=O)OC(CCCCC/C=C/C=C/C=C/C=C/CCCCC)CC(=O)NC(CO)C(O)CCCCCCCCCCCCCCCC. The summed E-state index contributed by atoms with van der Waals surface area (Å²) in [5.41, 5.74) is 0. The molecule has 0 saturated carbocycles. The highest BCUT2D eigenvalue weighted by atomic mass is 16.5. The van der Waals surface area contributed by atoms with E-state index in [1.165, 1.54) is 89.9 Å². The van der Waals surface area contributed by atoms with E-state index in [1.807, 2.05) is 6.08 Å².